The van der Waals surface area contributed by atoms with Gasteiger partial charge in [0.1, 0.15) is 0 Å². The zero-order chi connectivity index (χ0) is 8.60. The second-order valence-corrected chi connectivity index (χ2v) is 4.60. The first kappa shape index (κ1) is 8.55. The Balaban J connectivity index is 2.18. The first-order valence-corrected chi connectivity index (χ1v) is 5.49. The first-order chi connectivity index (χ1) is 5.77. The molecule has 0 aromatic heterocycles. The van der Waals surface area contributed by atoms with Crippen molar-refractivity contribution in [3.63, 3.8) is 0 Å². The fraction of sp³-hybridized carbons (Fsp3) is 1.00. The smallest absolute Gasteiger partial charge is 0.0701 e. The van der Waals surface area contributed by atoms with Crippen molar-refractivity contribution in [3.8, 4) is 0 Å². The van der Waals surface area contributed by atoms with E-state index >= 15 is 0 Å². The van der Waals surface area contributed by atoms with Crippen molar-refractivity contribution in [1.29, 1.82) is 0 Å². The predicted octanol–water partition coefficient (Wildman–Crippen LogP) is 2.73. The van der Waals surface area contributed by atoms with Gasteiger partial charge in [-0.3, -0.25) is 0 Å². The molecule has 70 valence electrons. The Kier molecular flexibility index (Phi) is 2.16. The third kappa shape index (κ3) is 1.10. The van der Waals surface area contributed by atoms with Gasteiger partial charge in [0.05, 0.1) is 5.60 Å². The summed E-state index contributed by atoms with van der Waals surface area (Å²) in [6.07, 6.45) is 8.81. The molecule has 0 aromatic rings. The fourth-order valence-corrected chi connectivity index (χ4v) is 3.42. The van der Waals surface area contributed by atoms with Gasteiger partial charge in [-0.2, -0.15) is 0 Å². The maximum Gasteiger partial charge on any atom is 0.0701 e. The van der Waals surface area contributed by atoms with Gasteiger partial charge in [0.25, 0.3) is 0 Å². The quantitative estimate of drug-likeness (QED) is 0.638. The van der Waals surface area contributed by atoms with E-state index in [2.05, 4.69) is 6.92 Å². The molecule has 1 N–H and O–H groups in total. The predicted molar refractivity (Wildman–Crippen MR) is 49.9 cm³/mol. The van der Waals surface area contributed by atoms with Gasteiger partial charge in [0.2, 0.25) is 0 Å². The minimum atomic E-state index is -0.267. The number of fused-ring (bicyclic) bond motifs is 2. The molecular formula is C11H20O. The Morgan fingerprint density at radius 3 is 1.75 bits per heavy atom. The lowest BCUT2D eigenvalue weighted by Crippen LogP contribution is -2.49. The third-order valence-corrected chi connectivity index (χ3v) is 4.19. The van der Waals surface area contributed by atoms with Gasteiger partial charge in [0.15, 0.2) is 0 Å². The molecule has 2 aliphatic carbocycles. The van der Waals surface area contributed by atoms with Crippen LogP contribution in [0.5, 0.6) is 0 Å². The van der Waals surface area contributed by atoms with Crippen LogP contribution in [-0.4, -0.2) is 10.7 Å². The van der Waals surface area contributed by atoms with Crippen LogP contribution >= 0.6 is 0 Å². The molecule has 0 saturated heterocycles. The number of hydrogen-bond donors (Lipinski definition) is 1. The van der Waals surface area contributed by atoms with E-state index in [9.17, 15) is 5.11 Å². The van der Waals surface area contributed by atoms with E-state index in [0.29, 0.717) is 11.8 Å². The Hall–Kier alpha value is -0.0400. The summed E-state index contributed by atoms with van der Waals surface area (Å²) in [5.74, 6) is 1.27. The molecule has 0 spiro atoms. The molecule has 0 aromatic carbocycles. The van der Waals surface area contributed by atoms with Crippen LogP contribution in [0, 0.1) is 11.8 Å². The normalized spacial score (nSPS) is 47.5. The molecule has 1 heteroatoms. The van der Waals surface area contributed by atoms with Gasteiger partial charge >= 0.3 is 0 Å². The van der Waals surface area contributed by atoms with E-state index in [4.69, 9.17) is 0 Å². The van der Waals surface area contributed by atoms with Crippen LogP contribution in [0.3, 0.4) is 0 Å². The molecule has 2 fully saturated rings. The van der Waals surface area contributed by atoms with Gasteiger partial charge in [0, 0.05) is 0 Å². The van der Waals surface area contributed by atoms with Crippen LogP contribution in [0.1, 0.15) is 51.9 Å². The summed E-state index contributed by atoms with van der Waals surface area (Å²) in [6, 6.07) is 0. The lowest BCUT2D eigenvalue weighted by atomic mass is 9.60. The summed E-state index contributed by atoms with van der Waals surface area (Å²) in [5, 5.41) is 10.5. The van der Waals surface area contributed by atoms with E-state index in [1.807, 2.05) is 0 Å². The van der Waals surface area contributed by atoms with E-state index < -0.39 is 0 Å². The Labute approximate surface area is 75.2 Å². The minimum Gasteiger partial charge on any atom is -0.389 e. The van der Waals surface area contributed by atoms with Crippen molar-refractivity contribution in [3.05, 3.63) is 0 Å². The summed E-state index contributed by atoms with van der Waals surface area (Å²) < 4.78 is 0. The maximum absolute atomic E-state index is 10.5. The summed E-state index contributed by atoms with van der Waals surface area (Å²) in [5.41, 5.74) is -0.267. The first-order valence-electron chi connectivity index (χ1n) is 5.49. The average molecular weight is 168 g/mol. The van der Waals surface area contributed by atoms with Gasteiger partial charge in [-0.25, -0.2) is 0 Å². The average Bonchev–Trinajstić information content (AvgIpc) is 2.03. The Morgan fingerprint density at radius 1 is 1.08 bits per heavy atom. The van der Waals surface area contributed by atoms with Crippen LogP contribution in [0.2, 0.25) is 0 Å². The van der Waals surface area contributed by atoms with Gasteiger partial charge in [-0.1, -0.05) is 19.8 Å². The highest BCUT2D eigenvalue weighted by Crippen LogP contribution is 2.48. The van der Waals surface area contributed by atoms with Gasteiger partial charge in [-0.05, 0) is 43.9 Å². The van der Waals surface area contributed by atoms with Crippen molar-refractivity contribution in [2.24, 2.45) is 11.8 Å². The summed E-state index contributed by atoms with van der Waals surface area (Å²) in [4.78, 5) is 0. The van der Waals surface area contributed by atoms with Gasteiger partial charge < -0.3 is 5.11 Å². The molecule has 2 aliphatic rings. The van der Waals surface area contributed by atoms with Crippen molar-refractivity contribution in [1.82, 2.24) is 0 Å². The molecule has 1 nitrogen and oxygen atoms in total. The highest BCUT2D eigenvalue weighted by Gasteiger charge is 2.46. The molecular weight excluding hydrogens is 148 g/mol. The molecule has 2 bridgehead atoms. The minimum absolute atomic E-state index is 0.267. The van der Waals surface area contributed by atoms with Crippen LogP contribution in [0.4, 0.5) is 0 Å². The highest BCUT2D eigenvalue weighted by molar-refractivity contribution is 4.97. The molecule has 0 radical (unpaired) electrons. The van der Waals surface area contributed by atoms with Crippen molar-refractivity contribution in [2.75, 3.05) is 0 Å². The fourth-order valence-electron chi connectivity index (χ4n) is 3.42. The maximum atomic E-state index is 10.5. The summed E-state index contributed by atoms with van der Waals surface area (Å²) >= 11 is 0. The molecule has 0 aliphatic heterocycles. The molecule has 0 heterocycles. The topological polar surface area (TPSA) is 20.2 Å². The van der Waals surface area contributed by atoms with Crippen molar-refractivity contribution >= 4 is 0 Å². The molecule has 2 saturated carbocycles. The molecule has 0 atom stereocenters. The third-order valence-electron chi connectivity index (χ3n) is 4.19. The molecule has 0 unspecified atom stereocenters. The zero-order valence-corrected chi connectivity index (χ0v) is 8.05. The zero-order valence-electron chi connectivity index (χ0n) is 8.05. The van der Waals surface area contributed by atoms with Crippen molar-refractivity contribution in [2.45, 2.75) is 57.5 Å². The van der Waals surface area contributed by atoms with Crippen LogP contribution in [0.15, 0.2) is 0 Å². The van der Waals surface area contributed by atoms with E-state index in [0.717, 1.165) is 6.42 Å². The summed E-state index contributed by atoms with van der Waals surface area (Å²) in [7, 11) is 0. The standard InChI is InChI=1S/C11H20O/c1-2-11(12)9-5-3-6-10(11)8-4-7-9/h9-10,12H,2-8H2,1H3. The second-order valence-electron chi connectivity index (χ2n) is 4.60. The van der Waals surface area contributed by atoms with Crippen LogP contribution in [-0.2, 0) is 0 Å². The lowest BCUT2D eigenvalue weighted by molar-refractivity contribution is -0.121. The number of hydrogen-bond acceptors (Lipinski definition) is 1. The monoisotopic (exact) mass is 168 g/mol. The SMILES string of the molecule is CCC1(O)C2CCCC1CCC2. The van der Waals surface area contributed by atoms with Crippen molar-refractivity contribution < 1.29 is 5.11 Å². The van der Waals surface area contributed by atoms with E-state index in [1.54, 1.807) is 0 Å². The molecule has 12 heavy (non-hydrogen) atoms. The van der Waals surface area contributed by atoms with Crippen LogP contribution in [0.25, 0.3) is 0 Å². The molecule has 0 amide bonds. The van der Waals surface area contributed by atoms with E-state index in [1.165, 1.54) is 38.5 Å². The summed E-state index contributed by atoms with van der Waals surface area (Å²) in [6.45, 7) is 2.15. The van der Waals surface area contributed by atoms with Gasteiger partial charge in [-0.15, -0.1) is 0 Å². The van der Waals surface area contributed by atoms with Crippen LogP contribution < -0.4 is 0 Å². The second kappa shape index (κ2) is 3.02. The highest BCUT2D eigenvalue weighted by atomic mass is 16.3. The van der Waals surface area contributed by atoms with E-state index in [-0.39, 0.29) is 5.60 Å². The number of rotatable bonds is 1. The Bertz CT molecular complexity index is 142. The largest absolute Gasteiger partial charge is 0.389 e. The Morgan fingerprint density at radius 2 is 1.50 bits per heavy atom. The lowest BCUT2D eigenvalue weighted by Gasteiger charge is -2.49. The molecule has 2 rings (SSSR count). The number of aliphatic hydroxyl groups is 1.